The highest BCUT2D eigenvalue weighted by atomic mass is 35.5. The van der Waals surface area contributed by atoms with Gasteiger partial charge in [-0.15, -0.1) is 0 Å². The number of alkyl halides is 1. The zero-order valence-corrected chi connectivity index (χ0v) is 8.55. The number of anilines is 1. The molecule has 0 spiro atoms. The first-order chi connectivity index (χ1) is 6.49. The Hall–Kier alpha value is -0.870. The van der Waals surface area contributed by atoms with E-state index in [0.29, 0.717) is 24.5 Å². The molecule has 2 N–H and O–H groups in total. The van der Waals surface area contributed by atoms with E-state index in [1.165, 1.54) is 6.07 Å². The molecule has 2 rings (SSSR count). The van der Waals surface area contributed by atoms with Gasteiger partial charge in [0, 0.05) is 18.8 Å². The smallest absolute Gasteiger partial charge is 0.177 e. The van der Waals surface area contributed by atoms with Gasteiger partial charge in [0.25, 0.3) is 0 Å². The van der Waals surface area contributed by atoms with Gasteiger partial charge in [0.1, 0.15) is 5.15 Å². The number of nitrogens with zero attached hydrogens (tertiary/aromatic N) is 2. The lowest BCUT2D eigenvalue weighted by Gasteiger charge is -2.41. The summed E-state index contributed by atoms with van der Waals surface area (Å²) < 4.78 is 14.0. The largest absolute Gasteiger partial charge is 0.399 e. The van der Waals surface area contributed by atoms with Crippen molar-refractivity contribution in [2.75, 3.05) is 25.9 Å². The minimum absolute atomic E-state index is 0.242. The second-order valence-electron chi connectivity index (χ2n) is 3.75. The second-order valence-corrected chi connectivity index (χ2v) is 4.13. The predicted molar refractivity (Wildman–Crippen MR) is 53.9 cm³/mol. The summed E-state index contributed by atoms with van der Waals surface area (Å²) in [6.07, 6.45) is 0. The first-order valence-corrected chi connectivity index (χ1v) is 4.68. The number of likely N-dealkylation sites (N-methyl/N-ethyl adjacent to an activating group) is 1. The first kappa shape index (κ1) is 9.68. The molecule has 0 bridgehead atoms. The maximum absolute atomic E-state index is 14.0. The van der Waals surface area contributed by atoms with E-state index in [2.05, 4.69) is 4.98 Å². The number of pyridine rings is 1. The molecule has 0 amide bonds. The van der Waals surface area contributed by atoms with Crippen molar-refractivity contribution in [1.82, 2.24) is 9.88 Å². The molecule has 0 unspecified atom stereocenters. The van der Waals surface area contributed by atoms with Crippen molar-refractivity contribution in [2.24, 2.45) is 0 Å². The number of hydrogen-bond donors (Lipinski definition) is 1. The van der Waals surface area contributed by atoms with E-state index < -0.39 is 5.67 Å². The van der Waals surface area contributed by atoms with Crippen LogP contribution in [0.15, 0.2) is 12.1 Å². The maximum Gasteiger partial charge on any atom is 0.177 e. The molecule has 1 saturated heterocycles. The van der Waals surface area contributed by atoms with Crippen LogP contribution in [-0.2, 0) is 5.67 Å². The molecule has 0 radical (unpaired) electrons. The van der Waals surface area contributed by atoms with Gasteiger partial charge < -0.3 is 5.73 Å². The zero-order valence-electron chi connectivity index (χ0n) is 7.80. The van der Waals surface area contributed by atoms with Crippen LogP contribution in [0.3, 0.4) is 0 Å². The monoisotopic (exact) mass is 215 g/mol. The van der Waals surface area contributed by atoms with Crippen LogP contribution in [0.5, 0.6) is 0 Å². The Morgan fingerprint density at radius 2 is 2.21 bits per heavy atom. The molecule has 1 aromatic rings. The van der Waals surface area contributed by atoms with Crippen LogP contribution in [0.4, 0.5) is 10.1 Å². The number of aromatic nitrogens is 1. The molecule has 0 saturated carbocycles. The fourth-order valence-corrected chi connectivity index (χ4v) is 1.93. The molecular formula is C9H11ClFN3. The van der Waals surface area contributed by atoms with E-state index >= 15 is 0 Å². The normalized spacial score (nSPS) is 20.5. The van der Waals surface area contributed by atoms with E-state index in [0.717, 1.165) is 0 Å². The third-order valence-electron chi connectivity index (χ3n) is 2.32. The lowest BCUT2D eigenvalue weighted by molar-refractivity contribution is -0.0228. The molecule has 0 aromatic carbocycles. The summed E-state index contributed by atoms with van der Waals surface area (Å²) in [5.74, 6) is 0. The lowest BCUT2D eigenvalue weighted by atomic mass is 9.92. The molecule has 76 valence electrons. The van der Waals surface area contributed by atoms with Crippen LogP contribution in [0.1, 0.15) is 5.69 Å². The Morgan fingerprint density at radius 1 is 1.57 bits per heavy atom. The third-order valence-corrected chi connectivity index (χ3v) is 2.51. The number of nitrogens with two attached hydrogens (primary N) is 1. The number of hydrogen-bond acceptors (Lipinski definition) is 3. The van der Waals surface area contributed by atoms with Crippen molar-refractivity contribution < 1.29 is 4.39 Å². The van der Waals surface area contributed by atoms with E-state index in [1.54, 1.807) is 6.07 Å². The zero-order chi connectivity index (χ0) is 10.3. The SMILES string of the molecule is CN1CC(F)(c2cc(N)cc(Cl)n2)C1. The molecule has 1 aliphatic heterocycles. The Balaban J connectivity index is 2.32. The summed E-state index contributed by atoms with van der Waals surface area (Å²) in [5, 5.41) is 0.242. The molecule has 0 atom stereocenters. The number of rotatable bonds is 1. The van der Waals surface area contributed by atoms with Crippen molar-refractivity contribution in [3.05, 3.63) is 23.0 Å². The lowest BCUT2D eigenvalue weighted by Crippen LogP contribution is -2.54. The molecule has 1 fully saturated rings. The summed E-state index contributed by atoms with van der Waals surface area (Å²) in [6.45, 7) is 0.694. The second kappa shape index (κ2) is 3.07. The van der Waals surface area contributed by atoms with Gasteiger partial charge in [-0.3, -0.25) is 4.90 Å². The van der Waals surface area contributed by atoms with Gasteiger partial charge in [-0.2, -0.15) is 0 Å². The van der Waals surface area contributed by atoms with Crippen molar-refractivity contribution in [3.8, 4) is 0 Å². The van der Waals surface area contributed by atoms with Crippen molar-refractivity contribution in [2.45, 2.75) is 5.67 Å². The Labute approximate surface area is 86.7 Å². The summed E-state index contributed by atoms with van der Waals surface area (Å²) in [4.78, 5) is 5.82. The van der Waals surface area contributed by atoms with Gasteiger partial charge >= 0.3 is 0 Å². The minimum atomic E-state index is -1.38. The summed E-state index contributed by atoms with van der Waals surface area (Å²) >= 11 is 5.70. The molecule has 5 heteroatoms. The minimum Gasteiger partial charge on any atom is -0.399 e. The van der Waals surface area contributed by atoms with Gasteiger partial charge in [-0.05, 0) is 19.2 Å². The summed E-state index contributed by atoms with van der Waals surface area (Å²) in [7, 11) is 1.85. The third kappa shape index (κ3) is 1.55. The predicted octanol–water partition coefficient (Wildman–Crippen LogP) is 1.43. The topological polar surface area (TPSA) is 42.1 Å². The molecule has 1 aliphatic rings. The molecule has 3 nitrogen and oxygen atoms in total. The standard InChI is InChI=1S/C9H11ClFN3/c1-14-4-9(11,5-14)7-2-6(12)3-8(10)13-7/h2-3H,4-5H2,1H3,(H2,12,13). The van der Waals surface area contributed by atoms with E-state index in [-0.39, 0.29) is 5.15 Å². The highest BCUT2D eigenvalue weighted by Gasteiger charge is 2.44. The van der Waals surface area contributed by atoms with Crippen LogP contribution in [0.25, 0.3) is 0 Å². The first-order valence-electron chi connectivity index (χ1n) is 4.31. The Bertz CT molecular complexity index is 343. The van der Waals surface area contributed by atoms with Crippen molar-refractivity contribution in [1.29, 1.82) is 0 Å². The van der Waals surface area contributed by atoms with Crippen LogP contribution >= 0.6 is 11.6 Å². The quantitative estimate of drug-likeness (QED) is 0.721. The number of likely N-dealkylation sites (tertiary alicyclic amines) is 1. The van der Waals surface area contributed by atoms with Gasteiger partial charge in [-0.25, -0.2) is 9.37 Å². The fraction of sp³-hybridized carbons (Fsp3) is 0.444. The summed E-state index contributed by atoms with van der Waals surface area (Å²) in [5.41, 5.74) is 4.97. The van der Waals surface area contributed by atoms with E-state index in [9.17, 15) is 4.39 Å². The fourth-order valence-electron chi connectivity index (χ4n) is 1.72. The highest BCUT2D eigenvalue weighted by Crippen LogP contribution is 2.35. The van der Waals surface area contributed by atoms with E-state index in [4.69, 9.17) is 17.3 Å². The van der Waals surface area contributed by atoms with Crippen LogP contribution in [-0.4, -0.2) is 30.0 Å². The van der Waals surface area contributed by atoms with Crippen molar-refractivity contribution in [3.63, 3.8) is 0 Å². The Morgan fingerprint density at radius 3 is 2.71 bits per heavy atom. The number of nitrogen functional groups attached to an aromatic ring is 1. The van der Waals surface area contributed by atoms with E-state index in [1.807, 2.05) is 11.9 Å². The molecule has 0 aliphatic carbocycles. The van der Waals surface area contributed by atoms with Crippen molar-refractivity contribution >= 4 is 17.3 Å². The molecule has 14 heavy (non-hydrogen) atoms. The average Bonchev–Trinajstić information content (AvgIpc) is 1.99. The molecule has 1 aromatic heterocycles. The van der Waals surface area contributed by atoms with Gasteiger partial charge in [0.05, 0.1) is 5.69 Å². The average molecular weight is 216 g/mol. The summed E-state index contributed by atoms with van der Waals surface area (Å²) in [6, 6.07) is 3.05. The maximum atomic E-state index is 14.0. The van der Waals surface area contributed by atoms with Gasteiger partial charge in [0.2, 0.25) is 0 Å². The molecule has 2 heterocycles. The van der Waals surface area contributed by atoms with Gasteiger partial charge in [0.15, 0.2) is 5.67 Å². The highest BCUT2D eigenvalue weighted by molar-refractivity contribution is 6.29. The van der Waals surface area contributed by atoms with Crippen LogP contribution in [0.2, 0.25) is 5.15 Å². The molecular weight excluding hydrogens is 205 g/mol. The van der Waals surface area contributed by atoms with Gasteiger partial charge in [-0.1, -0.05) is 11.6 Å². The van der Waals surface area contributed by atoms with Crippen LogP contribution in [0, 0.1) is 0 Å². The number of halogens is 2. The van der Waals surface area contributed by atoms with Crippen LogP contribution < -0.4 is 5.73 Å². The Kier molecular flexibility index (Phi) is 2.12.